The van der Waals surface area contributed by atoms with E-state index < -0.39 is 23.4 Å². The second kappa shape index (κ2) is 8.24. The van der Waals surface area contributed by atoms with Gasteiger partial charge in [0.15, 0.2) is 0 Å². The zero-order valence-electron chi connectivity index (χ0n) is 15.0. The fourth-order valence-electron chi connectivity index (χ4n) is 2.39. The molecule has 0 aliphatic heterocycles. The van der Waals surface area contributed by atoms with Gasteiger partial charge < -0.3 is 15.3 Å². The summed E-state index contributed by atoms with van der Waals surface area (Å²) in [7, 11) is 0. The van der Waals surface area contributed by atoms with Crippen LogP contribution in [0.4, 0.5) is 4.39 Å². The summed E-state index contributed by atoms with van der Waals surface area (Å²) >= 11 is 0. The third-order valence-corrected chi connectivity index (χ3v) is 3.61. The lowest BCUT2D eigenvalue weighted by Gasteiger charge is -2.32. The van der Waals surface area contributed by atoms with Gasteiger partial charge in [0.05, 0.1) is 11.2 Å². The highest BCUT2D eigenvalue weighted by Crippen LogP contribution is 2.13. The molecule has 2 amide bonds. The van der Waals surface area contributed by atoms with E-state index in [1.807, 2.05) is 13.8 Å². The van der Waals surface area contributed by atoms with Crippen LogP contribution in [0.5, 0.6) is 0 Å². The van der Waals surface area contributed by atoms with E-state index in [0.29, 0.717) is 6.54 Å². The topological polar surface area (TPSA) is 69.6 Å². The molecule has 1 aromatic carbocycles. The fourth-order valence-corrected chi connectivity index (χ4v) is 2.39. The monoisotopic (exact) mass is 338 g/mol. The van der Waals surface area contributed by atoms with Crippen molar-refractivity contribution in [2.45, 2.75) is 46.3 Å². The van der Waals surface area contributed by atoms with Gasteiger partial charge >= 0.3 is 0 Å². The van der Waals surface area contributed by atoms with Crippen molar-refractivity contribution in [3.05, 3.63) is 35.6 Å². The number of rotatable bonds is 7. The van der Waals surface area contributed by atoms with E-state index in [1.165, 1.54) is 23.1 Å². The van der Waals surface area contributed by atoms with Gasteiger partial charge in [0.25, 0.3) is 5.91 Å². The Labute approximate surface area is 142 Å². The molecule has 0 fully saturated rings. The molecule has 24 heavy (non-hydrogen) atoms. The highest BCUT2D eigenvalue weighted by atomic mass is 19.1. The molecule has 5 nitrogen and oxygen atoms in total. The molecule has 0 aliphatic rings. The van der Waals surface area contributed by atoms with Crippen LogP contribution in [0.15, 0.2) is 24.3 Å². The lowest BCUT2D eigenvalue weighted by Crippen LogP contribution is -2.54. The van der Waals surface area contributed by atoms with Crippen LogP contribution in [-0.4, -0.2) is 46.6 Å². The van der Waals surface area contributed by atoms with E-state index in [2.05, 4.69) is 5.32 Å². The molecule has 0 aliphatic carbocycles. The average molecular weight is 338 g/mol. The van der Waals surface area contributed by atoms with Crippen molar-refractivity contribution < 1.29 is 19.1 Å². The van der Waals surface area contributed by atoms with Gasteiger partial charge in [-0.3, -0.25) is 9.59 Å². The molecule has 134 valence electrons. The third kappa shape index (κ3) is 5.60. The van der Waals surface area contributed by atoms with Crippen LogP contribution in [-0.2, 0) is 4.79 Å². The first-order valence-electron chi connectivity index (χ1n) is 8.13. The number of hydrogen-bond acceptors (Lipinski definition) is 3. The molecule has 0 saturated carbocycles. The Morgan fingerprint density at radius 3 is 2.33 bits per heavy atom. The summed E-state index contributed by atoms with van der Waals surface area (Å²) in [5.41, 5.74) is -1.13. The SMILES string of the molecule is CCN(CC(C)(C)O)C(=O)C(NC(=O)c1ccccc1F)C(C)C. The van der Waals surface area contributed by atoms with Crippen LogP contribution < -0.4 is 5.32 Å². The summed E-state index contributed by atoms with van der Waals surface area (Å²) in [4.78, 5) is 26.6. The molecule has 1 rings (SSSR count). The van der Waals surface area contributed by atoms with Gasteiger partial charge in [-0.1, -0.05) is 26.0 Å². The molecule has 0 bridgehead atoms. The molecule has 0 heterocycles. The maximum atomic E-state index is 13.8. The number of amides is 2. The molecule has 0 spiro atoms. The summed E-state index contributed by atoms with van der Waals surface area (Å²) in [6, 6.07) is 4.85. The Hall–Kier alpha value is -1.95. The zero-order valence-corrected chi connectivity index (χ0v) is 15.0. The average Bonchev–Trinajstić information content (AvgIpc) is 2.48. The van der Waals surface area contributed by atoms with Crippen molar-refractivity contribution in [1.82, 2.24) is 10.2 Å². The summed E-state index contributed by atoms with van der Waals surface area (Å²) in [6.45, 7) is 9.21. The van der Waals surface area contributed by atoms with Crippen LogP contribution >= 0.6 is 0 Å². The van der Waals surface area contributed by atoms with Gasteiger partial charge in [0, 0.05) is 13.1 Å². The van der Waals surface area contributed by atoms with Crippen LogP contribution in [0.25, 0.3) is 0 Å². The van der Waals surface area contributed by atoms with Crippen molar-refractivity contribution >= 4 is 11.8 Å². The second-order valence-corrected chi connectivity index (χ2v) is 6.84. The van der Waals surface area contributed by atoms with Crippen molar-refractivity contribution in [1.29, 1.82) is 0 Å². The Balaban J connectivity index is 2.96. The van der Waals surface area contributed by atoms with Crippen molar-refractivity contribution in [3.8, 4) is 0 Å². The highest BCUT2D eigenvalue weighted by molar-refractivity contribution is 5.97. The predicted octanol–water partition coefficient (Wildman–Crippen LogP) is 2.20. The smallest absolute Gasteiger partial charge is 0.254 e. The van der Waals surface area contributed by atoms with E-state index in [1.54, 1.807) is 26.8 Å². The van der Waals surface area contributed by atoms with Gasteiger partial charge in [-0.25, -0.2) is 4.39 Å². The van der Waals surface area contributed by atoms with Crippen LogP contribution in [0.3, 0.4) is 0 Å². The number of nitrogens with one attached hydrogen (secondary N) is 1. The lowest BCUT2D eigenvalue weighted by atomic mass is 10.0. The fraction of sp³-hybridized carbons (Fsp3) is 0.556. The number of aliphatic hydroxyl groups is 1. The van der Waals surface area contributed by atoms with Crippen molar-refractivity contribution in [3.63, 3.8) is 0 Å². The van der Waals surface area contributed by atoms with E-state index in [4.69, 9.17) is 0 Å². The minimum absolute atomic E-state index is 0.0958. The van der Waals surface area contributed by atoms with E-state index in [0.717, 1.165) is 0 Å². The molecule has 1 unspecified atom stereocenters. The Morgan fingerprint density at radius 1 is 1.29 bits per heavy atom. The molecular weight excluding hydrogens is 311 g/mol. The Bertz CT molecular complexity index is 582. The van der Waals surface area contributed by atoms with E-state index >= 15 is 0 Å². The lowest BCUT2D eigenvalue weighted by molar-refractivity contribution is -0.137. The number of likely N-dealkylation sites (N-methyl/N-ethyl adjacent to an activating group) is 1. The van der Waals surface area contributed by atoms with Crippen LogP contribution in [0.1, 0.15) is 45.0 Å². The minimum atomic E-state index is -1.04. The van der Waals surface area contributed by atoms with Gasteiger partial charge in [-0.2, -0.15) is 0 Å². The quantitative estimate of drug-likeness (QED) is 0.801. The van der Waals surface area contributed by atoms with Crippen LogP contribution in [0, 0.1) is 11.7 Å². The summed E-state index contributed by atoms with van der Waals surface area (Å²) in [6.07, 6.45) is 0. The second-order valence-electron chi connectivity index (χ2n) is 6.84. The first kappa shape index (κ1) is 20.1. The summed E-state index contributed by atoms with van der Waals surface area (Å²) < 4.78 is 13.8. The highest BCUT2D eigenvalue weighted by Gasteiger charge is 2.31. The first-order chi connectivity index (χ1) is 11.1. The molecule has 6 heteroatoms. The van der Waals surface area contributed by atoms with Gasteiger partial charge in [-0.05, 0) is 38.8 Å². The predicted molar refractivity (Wildman–Crippen MR) is 91.0 cm³/mol. The minimum Gasteiger partial charge on any atom is -0.389 e. The van der Waals surface area contributed by atoms with Gasteiger partial charge in [-0.15, -0.1) is 0 Å². The number of carbonyl (C=O) groups is 2. The third-order valence-electron chi connectivity index (χ3n) is 3.61. The number of benzene rings is 1. The van der Waals surface area contributed by atoms with Gasteiger partial charge in [0.2, 0.25) is 5.91 Å². The molecule has 0 aromatic heterocycles. The largest absolute Gasteiger partial charge is 0.389 e. The number of halogens is 1. The Morgan fingerprint density at radius 2 is 1.88 bits per heavy atom. The zero-order chi connectivity index (χ0) is 18.5. The Kier molecular flexibility index (Phi) is 6.90. The van der Waals surface area contributed by atoms with Crippen LogP contribution in [0.2, 0.25) is 0 Å². The number of nitrogens with zero attached hydrogens (tertiary/aromatic N) is 1. The summed E-state index contributed by atoms with van der Waals surface area (Å²) in [5, 5.41) is 12.6. The molecule has 1 aromatic rings. The normalized spacial score (nSPS) is 12.8. The van der Waals surface area contributed by atoms with Crippen molar-refractivity contribution in [2.75, 3.05) is 13.1 Å². The maximum Gasteiger partial charge on any atom is 0.254 e. The molecule has 1 atom stereocenters. The number of carbonyl (C=O) groups excluding carboxylic acids is 2. The van der Waals surface area contributed by atoms with Crippen molar-refractivity contribution in [2.24, 2.45) is 5.92 Å². The number of hydrogen-bond donors (Lipinski definition) is 2. The van der Waals surface area contributed by atoms with E-state index in [-0.39, 0.29) is 23.9 Å². The molecule has 2 N–H and O–H groups in total. The molecular formula is C18H27FN2O3. The first-order valence-corrected chi connectivity index (χ1v) is 8.13. The standard InChI is InChI=1S/C18H27FN2O3/c1-6-21(11-18(4,5)24)17(23)15(12(2)3)20-16(22)13-9-7-8-10-14(13)19/h7-10,12,15,24H,6,11H2,1-5H3,(H,20,22). The maximum absolute atomic E-state index is 13.8. The molecule has 0 radical (unpaired) electrons. The molecule has 0 saturated heterocycles. The summed E-state index contributed by atoms with van der Waals surface area (Å²) in [5.74, 6) is -1.73. The van der Waals surface area contributed by atoms with E-state index in [9.17, 15) is 19.1 Å². The van der Waals surface area contributed by atoms with Gasteiger partial charge in [0.1, 0.15) is 11.9 Å².